The molecule has 2 rings (SSSR count). The lowest BCUT2D eigenvalue weighted by Gasteiger charge is -2.16. The Morgan fingerprint density at radius 2 is 1.82 bits per heavy atom. The Hall–Kier alpha value is -2.24. The van der Waals surface area contributed by atoms with E-state index in [1.165, 1.54) is 6.07 Å². The van der Waals surface area contributed by atoms with E-state index in [9.17, 15) is 8.78 Å². The highest BCUT2D eigenvalue weighted by Gasteiger charge is 2.13. The van der Waals surface area contributed by atoms with E-state index in [1.807, 2.05) is 13.8 Å². The van der Waals surface area contributed by atoms with Crippen LogP contribution in [0.4, 0.5) is 14.7 Å². The van der Waals surface area contributed by atoms with Crippen molar-refractivity contribution in [3.63, 3.8) is 0 Å². The van der Waals surface area contributed by atoms with E-state index in [4.69, 9.17) is 4.74 Å². The van der Waals surface area contributed by atoms with E-state index in [0.29, 0.717) is 23.8 Å². The molecular weight excluding hydrogens is 288 g/mol. The van der Waals surface area contributed by atoms with E-state index < -0.39 is 5.82 Å². The number of anilines is 1. The molecule has 1 N–H and O–H groups in total. The Morgan fingerprint density at radius 3 is 2.41 bits per heavy atom. The van der Waals surface area contributed by atoms with Gasteiger partial charge in [-0.3, -0.25) is 0 Å². The zero-order valence-electron chi connectivity index (χ0n) is 12.8. The van der Waals surface area contributed by atoms with Crippen LogP contribution in [-0.4, -0.2) is 16.6 Å². The highest BCUT2D eigenvalue weighted by Crippen LogP contribution is 2.24. The lowest BCUT2D eigenvalue weighted by molar-refractivity contribution is 0.269. The molecule has 6 heteroatoms. The van der Waals surface area contributed by atoms with Crippen LogP contribution < -0.4 is 10.1 Å². The molecule has 22 heavy (non-hydrogen) atoms. The molecule has 0 spiro atoms. The highest BCUT2D eigenvalue weighted by atomic mass is 19.1. The predicted molar refractivity (Wildman–Crippen MR) is 80.8 cm³/mol. The number of hydrogen-bond acceptors (Lipinski definition) is 4. The summed E-state index contributed by atoms with van der Waals surface area (Å²) >= 11 is 0. The van der Waals surface area contributed by atoms with Gasteiger partial charge in [-0.15, -0.1) is 0 Å². The third kappa shape index (κ3) is 4.38. The average molecular weight is 307 g/mol. The molecule has 0 saturated heterocycles. The number of benzene rings is 1. The molecular formula is C16H19F2N3O. The van der Waals surface area contributed by atoms with Crippen LogP contribution in [0, 0.1) is 17.6 Å². The molecule has 2 aromatic rings. The maximum Gasteiger partial charge on any atom is 0.223 e. The molecule has 0 aliphatic heterocycles. The van der Waals surface area contributed by atoms with Crippen molar-refractivity contribution in [1.82, 2.24) is 9.97 Å². The quantitative estimate of drug-likeness (QED) is 0.877. The monoisotopic (exact) mass is 307 g/mol. The molecule has 0 saturated carbocycles. The van der Waals surface area contributed by atoms with E-state index in [2.05, 4.69) is 15.3 Å². The summed E-state index contributed by atoms with van der Waals surface area (Å²) in [6, 6.07) is 4.39. The van der Waals surface area contributed by atoms with Gasteiger partial charge < -0.3 is 10.1 Å². The van der Waals surface area contributed by atoms with Crippen molar-refractivity contribution in [1.29, 1.82) is 0 Å². The Balaban J connectivity index is 2.06. The summed E-state index contributed by atoms with van der Waals surface area (Å²) in [5, 5.41) is 2.93. The molecule has 1 aromatic carbocycles. The van der Waals surface area contributed by atoms with Crippen molar-refractivity contribution in [2.24, 2.45) is 5.92 Å². The smallest absolute Gasteiger partial charge is 0.223 e. The zero-order valence-corrected chi connectivity index (χ0v) is 12.8. The van der Waals surface area contributed by atoms with Gasteiger partial charge in [-0.2, -0.15) is 0 Å². The average Bonchev–Trinajstić information content (AvgIpc) is 2.47. The van der Waals surface area contributed by atoms with Crippen LogP contribution in [-0.2, 0) is 0 Å². The zero-order chi connectivity index (χ0) is 16.1. The fourth-order valence-electron chi connectivity index (χ4n) is 1.87. The van der Waals surface area contributed by atoms with Crippen LogP contribution >= 0.6 is 0 Å². The summed E-state index contributed by atoms with van der Waals surface area (Å²) in [6.45, 7) is 6.37. The molecule has 0 fully saturated rings. The number of rotatable bonds is 6. The minimum absolute atomic E-state index is 0.244. The largest absolute Gasteiger partial charge is 0.493 e. The number of aromatic nitrogens is 2. The number of ether oxygens (including phenoxy) is 1. The summed E-state index contributed by atoms with van der Waals surface area (Å²) in [6.07, 6.45) is 2.11. The standard InChI is InChI=1S/C16H19F2N3O/c1-10(2)9-22-13-4-5-14(15(18)6-13)11(3)21-16-19-7-12(17)8-20-16/h4-8,10-11H,9H2,1-3H3,(H,19,20,21)/t11-/m0/s1. The second-order valence-electron chi connectivity index (χ2n) is 5.48. The molecule has 1 heterocycles. The van der Waals surface area contributed by atoms with Gasteiger partial charge in [0, 0.05) is 11.6 Å². The second kappa shape index (κ2) is 7.15. The molecule has 0 unspecified atom stereocenters. The normalized spacial score (nSPS) is 12.3. The Bertz CT molecular complexity index is 617. The van der Waals surface area contributed by atoms with Crippen LogP contribution in [0.3, 0.4) is 0 Å². The van der Waals surface area contributed by atoms with Gasteiger partial charge in [-0.25, -0.2) is 18.7 Å². The van der Waals surface area contributed by atoms with Gasteiger partial charge >= 0.3 is 0 Å². The van der Waals surface area contributed by atoms with Gasteiger partial charge in [-0.1, -0.05) is 19.9 Å². The molecule has 0 amide bonds. The van der Waals surface area contributed by atoms with Crippen molar-refractivity contribution in [2.45, 2.75) is 26.8 Å². The Labute approximate surface area is 128 Å². The first-order valence-electron chi connectivity index (χ1n) is 7.12. The number of nitrogens with zero attached hydrogens (tertiary/aromatic N) is 2. The van der Waals surface area contributed by atoms with E-state index in [1.54, 1.807) is 19.1 Å². The molecule has 0 bridgehead atoms. The van der Waals surface area contributed by atoms with Crippen LogP contribution in [0.1, 0.15) is 32.4 Å². The molecule has 1 aromatic heterocycles. The topological polar surface area (TPSA) is 47.0 Å². The first-order chi connectivity index (χ1) is 10.5. The van der Waals surface area contributed by atoms with Crippen molar-refractivity contribution in [3.8, 4) is 5.75 Å². The number of halogens is 2. The van der Waals surface area contributed by atoms with Crippen LogP contribution in [0.2, 0.25) is 0 Å². The summed E-state index contributed by atoms with van der Waals surface area (Å²) < 4.78 is 32.4. The van der Waals surface area contributed by atoms with Gasteiger partial charge in [-0.05, 0) is 18.9 Å². The van der Waals surface area contributed by atoms with Gasteiger partial charge in [0.05, 0.1) is 25.0 Å². The molecule has 0 radical (unpaired) electrons. The Morgan fingerprint density at radius 1 is 1.14 bits per heavy atom. The lowest BCUT2D eigenvalue weighted by atomic mass is 10.1. The summed E-state index contributed by atoms with van der Waals surface area (Å²) in [5.41, 5.74) is 0.463. The third-order valence-corrected chi connectivity index (χ3v) is 2.99. The molecule has 0 aliphatic rings. The minimum Gasteiger partial charge on any atom is -0.493 e. The van der Waals surface area contributed by atoms with Crippen LogP contribution in [0.5, 0.6) is 5.75 Å². The highest BCUT2D eigenvalue weighted by molar-refractivity contribution is 5.35. The molecule has 1 atom stereocenters. The lowest BCUT2D eigenvalue weighted by Crippen LogP contribution is -2.11. The second-order valence-corrected chi connectivity index (χ2v) is 5.48. The fraction of sp³-hybridized carbons (Fsp3) is 0.375. The van der Waals surface area contributed by atoms with Crippen molar-refractivity contribution in [2.75, 3.05) is 11.9 Å². The van der Waals surface area contributed by atoms with E-state index >= 15 is 0 Å². The number of hydrogen-bond donors (Lipinski definition) is 1. The molecule has 4 nitrogen and oxygen atoms in total. The maximum absolute atomic E-state index is 14.2. The molecule has 0 aliphatic carbocycles. The summed E-state index contributed by atoms with van der Waals surface area (Å²) in [5.74, 6) is 0.229. The predicted octanol–water partition coefficient (Wildman–Crippen LogP) is 3.96. The van der Waals surface area contributed by atoms with Crippen LogP contribution in [0.25, 0.3) is 0 Å². The van der Waals surface area contributed by atoms with Crippen LogP contribution in [0.15, 0.2) is 30.6 Å². The SMILES string of the molecule is CC(C)COc1ccc([C@H](C)Nc2ncc(F)cn2)c(F)c1. The van der Waals surface area contributed by atoms with Crippen molar-refractivity contribution in [3.05, 3.63) is 47.8 Å². The number of nitrogens with one attached hydrogen (secondary N) is 1. The minimum atomic E-state index is -0.518. The fourth-order valence-corrected chi connectivity index (χ4v) is 1.87. The van der Waals surface area contributed by atoms with Crippen molar-refractivity contribution >= 4 is 5.95 Å². The van der Waals surface area contributed by atoms with Crippen molar-refractivity contribution < 1.29 is 13.5 Å². The first kappa shape index (κ1) is 16.1. The third-order valence-electron chi connectivity index (χ3n) is 2.99. The first-order valence-corrected chi connectivity index (χ1v) is 7.12. The van der Waals surface area contributed by atoms with Gasteiger partial charge in [0.1, 0.15) is 11.6 Å². The molecule has 118 valence electrons. The summed E-state index contributed by atoms with van der Waals surface area (Å²) in [7, 11) is 0. The van der Waals surface area contributed by atoms with Gasteiger partial charge in [0.2, 0.25) is 5.95 Å². The van der Waals surface area contributed by atoms with Gasteiger partial charge in [0.15, 0.2) is 5.82 Å². The van der Waals surface area contributed by atoms with Gasteiger partial charge in [0.25, 0.3) is 0 Å². The van der Waals surface area contributed by atoms with E-state index in [0.717, 1.165) is 12.4 Å². The van der Waals surface area contributed by atoms with E-state index in [-0.39, 0.29) is 17.8 Å². The maximum atomic E-state index is 14.2. The Kier molecular flexibility index (Phi) is 5.25. The summed E-state index contributed by atoms with van der Waals surface area (Å²) in [4.78, 5) is 7.59.